The van der Waals surface area contributed by atoms with Gasteiger partial charge in [0.2, 0.25) is 0 Å². The molecule has 0 spiro atoms. The van der Waals surface area contributed by atoms with E-state index in [4.69, 9.17) is 5.11 Å². The third-order valence-corrected chi connectivity index (χ3v) is 4.89. The van der Waals surface area contributed by atoms with E-state index in [1.54, 1.807) is 4.57 Å². The standard InChI is InChI=1S/C11H16N4O3S/c16-9(17)6-19-11-13-12-10(18)15(11)8-5-14-3-1-7(8)2-4-14/h7-8H,1-6H2,(H,12,18)(H,16,17). The van der Waals surface area contributed by atoms with Gasteiger partial charge in [0.25, 0.3) is 0 Å². The number of fused-ring (bicyclic) bond motifs is 3. The molecule has 0 aliphatic carbocycles. The number of thioether (sulfide) groups is 1. The second kappa shape index (κ2) is 5.01. The van der Waals surface area contributed by atoms with Crippen LogP contribution in [0.2, 0.25) is 0 Å². The number of carbonyl (C=O) groups is 1. The molecule has 7 nitrogen and oxygen atoms in total. The van der Waals surface area contributed by atoms with Gasteiger partial charge in [0.1, 0.15) is 0 Å². The molecule has 104 valence electrons. The molecule has 0 amide bonds. The van der Waals surface area contributed by atoms with Gasteiger partial charge in [-0.25, -0.2) is 9.89 Å². The highest BCUT2D eigenvalue weighted by Crippen LogP contribution is 2.36. The molecule has 1 aromatic rings. The molecule has 8 heteroatoms. The molecule has 3 fully saturated rings. The van der Waals surface area contributed by atoms with E-state index >= 15 is 0 Å². The maximum atomic E-state index is 11.9. The number of hydrogen-bond donors (Lipinski definition) is 2. The zero-order valence-corrected chi connectivity index (χ0v) is 11.2. The Morgan fingerprint density at radius 3 is 2.79 bits per heavy atom. The Hall–Kier alpha value is -1.28. The molecule has 2 bridgehead atoms. The van der Waals surface area contributed by atoms with E-state index in [0.29, 0.717) is 11.1 Å². The van der Waals surface area contributed by atoms with Crippen molar-refractivity contribution in [3.05, 3.63) is 10.5 Å². The number of hydrogen-bond acceptors (Lipinski definition) is 5. The molecule has 3 aliphatic rings. The van der Waals surface area contributed by atoms with E-state index in [2.05, 4.69) is 15.1 Å². The van der Waals surface area contributed by atoms with Crippen LogP contribution in [0, 0.1) is 5.92 Å². The number of aromatic nitrogens is 3. The van der Waals surface area contributed by atoms with Crippen LogP contribution in [0.3, 0.4) is 0 Å². The summed E-state index contributed by atoms with van der Waals surface area (Å²) >= 11 is 1.10. The van der Waals surface area contributed by atoms with Gasteiger partial charge in [-0.15, -0.1) is 5.10 Å². The van der Waals surface area contributed by atoms with Crippen molar-refractivity contribution in [2.75, 3.05) is 25.4 Å². The topological polar surface area (TPSA) is 91.2 Å². The van der Waals surface area contributed by atoms with E-state index in [1.807, 2.05) is 0 Å². The predicted molar refractivity (Wildman–Crippen MR) is 69.4 cm³/mol. The lowest BCUT2D eigenvalue weighted by Crippen LogP contribution is -2.49. The zero-order chi connectivity index (χ0) is 13.4. The van der Waals surface area contributed by atoms with Crippen LogP contribution in [0.25, 0.3) is 0 Å². The maximum Gasteiger partial charge on any atom is 0.344 e. The number of aromatic amines is 1. The van der Waals surface area contributed by atoms with Crippen molar-refractivity contribution in [3.63, 3.8) is 0 Å². The largest absolute Gasteiger partial charge is 0.481 e. The minimum atomic E-state index is -0.902. The summed E-state index contributed by atoms with van der Waals surface area (Å²) in [7, 11) is 0. The molecule has 0 aromatic carbocycles. The normalized spacial score (nSPS) is 29.6. The minimum absolute atomic E-state index is 0.0780. The first kappa shape index (κ1) is 12.7. The van der Waals surface area contributed by atoms with Gasteiger partial charge in [-0.3, -0.25) is 9.36 Å². The fourth-order valence-corrected chi connectivity index (χ4v) is 3.76. The van der Waals surface area contributed by atoms with Gasteiger partial charge < -0.3 is 10.0 Å². The van der Waals surface area contributed by atoms with Gasteiger partial charge in [0.15, 0.2) is 5.16 Å². The van der Waals surface area contributed by atoms with Gasteiger partial charge in [-0.05, 0) is 31.8 Å². The Bertz CT molecular complexity index is 532. The SMILES string of the molecule is O=C(O)CSc1n[nH]c(=O)n1C1CN2CCC1CC2. The highest BCUT2D eigenvalue weighted by molar-refractivity contribution is 7.99. The average molecular weight is 284 g/mol. The summed E-state index contributed by atoms with van der Waals surface area (Å²) in [4.78, 5) is 24.9. The first-order valence-corrected chi connectivity index (χ1v) is 7.37. The maximum absolute atomic E-state index is 11.9. The number of nitrogens with one attached hydrogen (secondary N) is 1. The third kappa shape index (κ3) is 2.42. The first-order chi connectivity index (χ1) is 9.15. The van der Waals surface area contributed by atoms with Crippen molar-refractivity contribution < 1.29 is 9.90 Å². The number of carboxylic acids is 1. The lowest BCUT2D eigenvalue weighted by atomic mass is 9.84. The summed E-state index contributed by atoms with van der Waals surface area (Å²) in [6.07, 6.45) is 2.21. The molecule has 4 heterocycles. The van der Waals surface area contributed by atoms with E-state index in [9.17, 15) is 9.59 Å². The van der Waals surface area contributed by atoms with Crippen molar-refractivity contribution in [3.8, 4) is 0 Å². The molecule has 0 radical (unpaired) electrons. The van der Waals surface area contributed by atoms with Crippen LogP contribution in [-0.2, 0) is 4.79 Å². The molecule has 4 rings (SSSR count). The summed E-state index contributed by atoms with van der Waals surface area (Å²) in [6, 6.07) is 0.130. The summed E-state index contributed by atoms with van der Waals surface area (Å²) in [5.74, 6) is -0.476. The molecule has 1 unspecified atom stereocenters. The monoisotopic (exact) mass is 284 g/mol. The fourth-order valence-electron chi connectivity index (χ4n) is 3.04. The molecule has 0 saturated carbocycles. The first-order valence-electron chi connectivity index (χ1n) is 6.39. The number of piperidine rings is 3. The van der Waals surface area contributed by atoms with E-state index < -0.39 is 5.97 Å². The zero-order valence-electron chi connectivity index (χ0n) is 10.4. The van der Waals surface area contributed by atoms with Crippen LogP contribution in [0.4, 0.5) is 0 Å². The van der Waals surface area contributed by atoms with Gasteiger partial charge in [-0.2, -0.15) is 0 Å². The van der Waals surface area contributed by atoms with Gasteiger partial charge in [0, 0.05) is 6.54 Å². The van der Waals surface area contributed by atoms with Gasteiger partial charge in [0.05, 0.1) is 11.8 Å². The highest BCUT2D eigenvalue weighted by atomic mass is 32.2. The smallest absolute Gasteiger partial charge is 0.344 e. The van der Waals surface area contributed by atoms with E-state index in [0.717, 1.165) is 44.2 Å². The van der Waals surface area contributed by atoms with Crippen molar-refractivity contribution in [2.24, 2.45) is 5.92 Å². The third-order valence-electron chi connectivity index (χ3n) is 3.95. The molecule has 1 atom stereocenters. The molecular weight excluding hydrogens is 268 g/mol. The molecular formula is C11H16N4O3S. The van der Waals surface area contributed by atoms with Crippen molar-refractivity contribution in [1.29, 1.82) is 0 Å². The molecule has 19 heavy (non-hydrogen) atoms. The molecule has 1 aromatic heterocycles. The lowest BCUT2D eigenvalue weighted by molar-refractivity contribution is -0.133. The Morgan fingerprint density at radius 1 is 1.47 bits per heavy atom. The Labute approximate surface area is 114 Å². The highest BCUT2D eigenvalue weighted by Gasteiger charge is 2.37. The molecule has 2 N–H and O–H groups in total. The van der Waals surface area contributed by atoms with Crippen molar-refractivity contribution >= 4 is 17.7 Å². The fraction of sp³-hybridized carbons (Fsp3) is 0.727. The second-order valence-electron chi connectivity index (χ2n) is 5.07. The van der Waals surface area contributed by atoms with Crippen LogP contribution in [0.5, 0.6) is 0 Å². The summed E-state index contributed by atoms with van der Waals surface area (Å²) < 4.78 is 1.66. The lowest BCUT2D eigenvalue weighted by Gasteiger charge is -2.44. The van der Waals surface area contributed by atoms with Crippen LogP contribution in [-0.4, -0.2) is 56.1 Å². The van der Waals surface area contributed by atoms with Gasteiger partial charge >= 0.3 is 11.7 Å². The summed E-state index contributed by atoms with van der Waals surface area (Å²) in [6.45, 7) is 3.07. The number of H-pyrrole nitrogens is 1. The number of nitrogens with zero attached hydrogens (tertiary/aromatic N) is 3. The summed E-state index contributed by atoms with van der Waals surface area (Å²) in [5.41, 5.74) is -0.230. The summed E-state index contributed by atoms with van der Waals surface area (Å²) in [5, 5.41) is 15.6. The van der Waals surface area contributed by atoms with E-state index in [-0.39, 0.29) is 17.5 Å². The number of carboxylic acid groups (broad SMARTS) is 1. The predicted octanol–water partition coefficient (Wildman–Crippen LogP) is 0.0148. The van der Waals surface area contributed by atoms with Crippen molar-refractivity contribution in [1.82, 2.24) is 19.7 Å². The minimum Gasteiger partial charge on any atom is -0.481 e. The van der Waals surface area contributed by atoms with Crippen LogP contribution in [0.1, 0.15) is 18.9 Å². The second-order valence-corrected chi connectivity index (χ2v) is 6.01. The Morgan fingerprint density at radius 2 is 2.21 bits per heavy atom. The quantitative estimate of drug-likeness (QED) is 0.757. The van der Waals surface area contributed by atoms with Gasteiger partial charge in [-0.1, -0.05) is 11.8 Å². The molecule has 3 saturated heterocycles. The molecule has 3 aliphatic heterocycles. The van der Waals surface area contributed by atoms with E-state index in [1.165, 1.54) is 0 Å². The van der Waals surface area contributed by atoms with Crippen LogP contribution < -0.4 is 5.69 Å². The van der Waals surface area contributed by atoms with Crippen molar-refractivity contribution in [2.45, 2.75) is 24.0 Å². The number of rotatable bonds is 4. The van der Waals surface area contributed by atoms with Crippen LogP contribution in [0.15, 0.2) is 9.95 Å². The van der Waals surface area contributed by atoms with Crippen LogP contribution >= 0.6 is 11.8 Å². The Kier molecular flexibility index (Phi) is 3.36. The Balaban J connectivity index is 1.85. The average Bonchev–Trinajstić information content (AvgIpc) is 2.78. The number of aliphatic carboxylic acids is 1.